The molecule has 0 unspecified atom stereocenters. The molecule has 178 valence electrons. The van der Waals surface area contributed by atoms with Crippen LogP contribution in [0.3, 0.4) is 0 Å². The fourth-order valence-electron chi connectivity index (χ4n) is 3.68. The molecule has 0 bridgehead atoms. The van der Waals surface area contributed by atoms with Crippen molar-refractivity contribution in [3.8, 4) is 11.5 Å². The standard InChI is InChI=1S/C24H23ClN2O5S2/c1-15(20-12-18(31-2)8-11-22(20)32-3)26-34(29,30)19-9-10-21-23(13-19)33-24(28)27(21)14-16-4-6-17(25)7-5-16/h4-13,15,26H,14H2,1-3H3/t15-/m1/s1. The van der Waals surface area contributed by atoms with Gasteiger partial charge in [-0.15, -0.1) is 0 Å². The lowest BCUT2D eigenvalue weighted by Gasteiger charge is -2.18. The lowest BCUT2D eigenvalue weighted by atomic mass is 10.1. The number of nitrogens with one attached hydrogen (secondary N) is 1. The molecule has 0 fully saturated rings. The van der Waals surface area contributed by atoms with Gasteiger partial charge in [0, 0.05) is 16.6 Å². The van der Waals surface area contributed by atoms with Gasteiger partial charge in [-0.1, -0.05) is 35.1 Å². The summed E-state index contributed by atoms with van der Waals surface area (Å²) in [5.41, 5.74) is 2.24. The van der Waals surface area contributed by atoms with E-state index in [-0.39, 0.29) is 9.77 Å². The van der Waals surface area contributed by atoms with Gasteiger partial charge < -0.3 is 9.47 Å². The molecule has 1 atom stereocenters. The predicted molar refractivity (Wildman–Crippen MR) is 135 cm³/mol. The molecular weight excluding hydrogens is 496 g/mol. The number of halogens is 1. The van der Waals surface area contributed by atoms with Crippen molar-refractivity contribution >= 4 is 43.2 Å². The Bertz CT molecular complexity index is 1490. The molecule has 3 aromatic carbocycles. The van der Waals surface area contributed by atoms with Crippen LogP contribution in [0, 0.1) is 0 Å². The van der Waals surface area contributed by atoms with E-state index >= 15 is 0 Å². The van der Waals surface area contributed by atoms with Crippen LogP contribution in [0.4, 0.5) is 0 Å². The number of fused-ring (bicyclic) bond motifs is 1. The lowest BCUT2D eigenvalue weighted by Crippen LogP contribution is -2.27. The number of thiazole rings is 1. The van der Waals surface area contributed by atoms with E-state index in [4.69, 9.17) is 21.1 Å². The van der Waals surface area contributed by atoms with E-state index in [1.54, 1.807) is 55.0 Å². The molecule has 34 heavy (non-hydrogen) atoms. The molecule has 0 amide bonds. The van der Waals surface area contributed by atoms with Crippen LogP contribution in [0.15, 0.2) is 70.4 Å². The summed E-state index contributed by atoms with van der Waals surface area (Å²) in [6.45, 7) is 2.10. The van der Waals surface area contributed by atoms with Gasteiger partial charge in [0.05, 0.1) is 35.9 Å². The Labute approximate surface area is 206 Å². The normalized spacial score (nSPS) is 12.6. The number of hydrogen-bond acceptors (Lipinski definition) is 6. The maximum Gasteiger partial charge on any atom is 0.308 e. The van der Waals surface area contributed by atoms with Crippen molar-refractivity contribution in [3.63, 3.8) is 0 Å². The molecule has 0 saturated heterocycles. The molecule has 0 aliphatic carbocycles. The molecule has 0 spiro atoms. The third-order valence-electron chi connectivity index (χ3n) is 5.44. The number of ether oxygens (including phenoxy) is 2. The van der Waals surface area contributed by atoms with Gasteiger partial charge in [-0.05, 0) is 61.0 Å². The first-order valence-electron chi connectivity index (χ1n) is 10.3. The monoisotopic (exact) mass is 518 g/mol. The average molecular weight is 519 g/mol. The third kappa shape index (κ3) is 4.97. The van der Waals surface area contributed by atoms with E-state index in [0.717, 1.165) is 16.9 Å². The Morgan fingerprint density at radius 3 is 2.44 bits per heavy atom. The summed E-state index contributed by atoms with van der Waals surface area (Å²) in [5, 5.41) is 0.620. The van der Waals surface area contributed by atoms with E-state index in [1.165, 1.54) is 19.2 Å². The summed E-state index contributed by atoms with van der Waals surface area (Å²) in [5.74, 6) is 1.14. The van der Waals surface area contributed by atoms with Crippen molar-refractivity contribution in [2.45, 2.75) is 24.4 Å². The number of methoxy groups -OCH3 is 2. The van der Waals surface area contributed by atoms with Crippen LogP contribution in [0.25, 0.3) is 10.2 Å². The molecule has 7 nitrogen and oxygen atoms in total. The second-order valence-electron chi connectivity index (χ2n) is 7.66. The lowest BCUT2D eigenvalue weighted by molar-refractivity contribution is 0.395. The second kappa shape index (κ2) is 9.79. The molecular formula is C24H23ClN2O5S2. The highest BCUT2D eigenvalue weighted by Gasteiger charge is 2.22. The summed E-state index contributed by atoms with van der Waals surface area (Å²) < 4.78 is 41.8. The number of benzene rings is 3. The summed E-state index contributed by atoms with van der Waals surface area (Å²) in [7, 11) is -0.810. The molecule has 0 saturated carbocycles. The van der Waals surface area contributed by atoms with E-state index < -0.39 is 16.1 Å². The van der Waals surface area contributed by atoms with Crippen LogP contribution in [-0.2, 0) is 16.6 Å². The van der Waals surface area contributed by atoms with Gasteiger partial charge in [0.1, 0.15) is 11.5 Å². The largest absolute Gasteiger partial charge is 0.497 e. The summed E-state index contributed by atoms with van der Waals surface area (Å²) in [6.07, 6.45) is 0. The molecule has 0 aliphatic heterocycles. The first-order valence-corrected chi connectivity index (χ1v) is 13.0. The van der Waals surface area contributed by atoms with Crippen LogP contribution in [0.2, 0.25) is 5.02 Å². The summed E-state index contributed by atoms with van der Waals surface area (Å²) >= 11 is 6.95. The number of nitrogens with zero attached hydrogens (tertiary/aromatic N) is 1. The van der Waals surface area contributed by atoms with Gasteiger partial charge in [0.15, 0.2) is 0 Å². The van der Waals surface area contributed by atoms with Crippen LogP contribution < -0.4 is 19.1 Å². The third-order valence-corrected chi connectivity index (χ3v) is 8.17. The molecule has 0 radical (unpaired) electrons. The molecule has 4 rings (SSSR count). The first-order chi connectivity index (χ1) is 16.2. The molecule has 10 heteroatoms. The second-order valence-corrected chi connectivity index (χ2v) is 10.8. The SMILES string of the molecule is COc1ccc(OC)c([C@@H](C)NS(=O)(=O)c2ccc3c(c2)sc(=O)n3Cc2ccc(Cl)cc2)c1. The highest BCUT2D eigenvalue weighted by Crippen LogP contribution is 2.31. The summed E-state index contributed by atoms with van der Waals surface area (Å²) in [6, 6.07) is 16.6. The predicted octanol–water partition coefficient (Wildman–Crippen LogP) is 4.82. The van der Waals surface area contributed by atoms with Crippen LogP contribution in [0.5, 0.6) is 11.5 Å². The minimum atomic E-state index is -3.88. The topological polar surface area (TPSA) is 86.6 Å². The highest BCUT2D eigenvalue weighted by atomic mass is 35.5. The Hall–Kier alpha value is -2.85. The first kappa shape index (κ1) is 24.3. The molecule has 0 aliphatic rings. The van der Waals surface area contributed by atoms with Crippen LogP contribution in [-0.4, -0.2) is 27.2 Å². The van der Waals surface area contributed by atoms with E-state index in [1.807, 2.05) is 12.1 Å². The number of sulfonamides is 1. The van der Waals surface area contributed by atoms with Crippen molar-refractivity contribution in [3.05, 3.63) is 86.5 Å². The quantitative estimate of drug-likeness (QED) is 0.361. The Morgan fingerprint density at radius 2 is 1.76 bits per heavy atom. The van der Waals surface area contributed by atoms with Crippen molar-refractivity contribution in [2.24, 2.45) is 0 Å². The fourth-order valence-corrected chi connectivity index (χ4v) is 6.06. The zero-order valence-electron chi connectivity index (χ0n) is 18.7. The number of aromatic nitrogens is 1. The van der Waals surface area contributed by atoms with Crippen molar-refractivity contribution in [1.82, 2.24) is 9.29 Å². The number of hydrogen-bond donors (Lipinski definition) is 1. The maximum absolute atomic E-state index is 13.2. The molecule has 1 aromatic heterocycles. The molecule has 4 aromatic rings. The Kier molecular flexibility index (Phi) is 6.99. The van der Waals surface area contributed by atoms with Gasteiger partial charge in [-0.25, -0.2) is 13.1 Å². The molecule has 1 N–H and O–H groups in total. The van der Waals surface area contributed by atoms with Crippen molar-refractivity contribution < 1.29 is 17.9 Å². The zero-order chi connectivity index (χ0) is 24.5. The van der Waals surface area contributed by atoms with Gasteiger partial charge in [-0.2, -0.15) is 0 Å². The van der Waals surface area contributed by atoms with Crippen LogP contribution in [0.1, 0.15) is 24.1 Å². The highest BCUT2D eigenvalue weighted by molar-refractivity contribution is 7.89. The maximum atomic E-state index is 13.2. The fraction of sp³-hybridized carbons (Fsp3) is 0.208. The van der Waals surface area contributed by atoms with E-state index in [0.29, 0.717) is 38.8 Å². The van der Waals surface area contributed by atoms with E-state index in [9.17, 15) is 13.2 Å². The average Bonchev–Trinajstić information content (AvgIpc) is 3.13. The number of rotatable bonds is 8. The van der Waals surface area contributed by atoms with Gasteiger partial charge in [-0.3, -0.25) is 9.36 Å². The molecule has 1 heterocycles. The van der Waals surface area contributed by atoms with Gasteiger partial charge in [0.25, 0.3) is 0 Å². The van der Waals surface area contributed by atoms with Gasteiger partial charge in [0.2, 0.25) is 10.0 Å². The van der Waals surface area contributed by atoms with Crippen molar-refractivity contribution in [1.29, 1.82) is 0 Å². The zero-order valence-corrected chi connectivity index (χ0v) is 21.1. The van der Waals surface area contributed by atoms with Crippen molar-refractivity contribution in [2.75, 3.05) is 14.2 Å². The summed E-state index contributed by atoms with van der Waals surface area (Å²) in [4.78, 5) is 12.5. The minimum absolute atomic E-state index is 0.0774. The van der Waals surface area contributed by atoms with Crippen LogP contribution >= 0.6 is 22.9 Å². The Balaban J connectivity index is 1.63. The minimum Gasteiger partial charge on any atom is -0.497 e. The van der Waals surface area contributed by atoms with Gasteiger partial charge >= 0.3 is 4.87 Å². The Morgan fingerprint density at radius 1 is 1.03 bits per heavy atom. The van der Waals surface area contributed by atoms with E-state index in [2.05, 4.69) is 4.72 Å². The smallest absolute Gasteiger partial charge is 0.308 e.